The summed E-state index contributed by atoms with van der Waals surface area (Å²) in [5, 5.41) is 4.25. The monoisotopic (exact) mass is 431 g/mol. The molecule has 1 unspecified atom stereocenters. The molecule has 0 aliphatic heterocycles. The third-order valence-corrected chi connectivity index (χ3v) is 4.77. The first kappa shape index (κ1) is 16.8. The Morgan fingerprint density at radius 3 is 2.67 bits per heavy atom. The minimum absolute atomic E-state index is 0.0931. The average Bonchev–Trinajstić information content (AvgIpc) is 2.42. The number of hydrogen-bond acceptors (Lipinski definition) is 2. The zero-order valence-electron chi connectivity index (χ0n) is 11.8. The average molecular weight is 434 g/mol. The summed E-state index contributed by atoms with van der Waals surface area (Å²) < 4.78 is 7.28. The second-order valence-electron chi connectivity index (χ2n) is 4.73. The van der Waals surface area contributed by atoms with Gasteiger partial charge < -0.3 is 10.1 Å². The molecular weight excluding hydrogens is 417 g/mol. The maximum Gasteiger partial charge on any atom is 0.0744 e. The summed E-state index contributed by atoms with van der Waals surface area (Å²) in [4.78, 5) is 0. The SMILES string of the molecule is COCc1c(Br)cccc1NC(C)c1ccc(Br)cc1Cl. The number of anilines is 1. The van der Waals surface area contributed by atoms with E-state index in [9.17, 15) is 0 Å². The quantitative estimate of drug-likeness (QED) is 0.608. The van der Waals surface area contributed by atoms with Gasteiger partial charge in [-0.25, -0.2) is 0 Å². The Bertz CT molecular complexity index is 634. The Morgan fingerprint density at radius 1 is 1.24 bits per heavy atom. The second kappa shape index (κ2) is 7.63. The van der Waals surface area contributed by atoms with Crippen molar-refractivity contribution in [1.29, 1.82) is 0 Å². The predicted molar refractivity (Wildman–Crippen MR) is 96.0 cm³/mol. The van der Waals surface area contributed by atoms with E-state index in [-0.39, 0.29) is 6.04 Å². The van der Waals surface area contributed by atoms with Crippen LogP contribution < -0.4 is 5.32 Å². The Morgan fingerprint density at radius 2 is 2.00 bits per heavy atom. The summed E-state index contributed by atoms with van der Waals surface area (Å²) in [7, 11) is 1.69. The fourth-order valence-electron chi connectivity index (χ4n) is 2.15. The number of benzene rings is 2. The van der Waals surface area contributed by atoms with Gasteiger partial charge in [-0.15, -0.1) is 0 Å². The van der Waals surface area contributed by atoms with Gasteiger partial charge in [-0.2, -0.15) is 0 Å². The van der Waals surface area contributed by atoms with Crippen molar-refractivity contribution in [1.82, 2.24) is 0 Å². The minimum Gasteiger partial charge on any atom is -0.380 e. The molecule has 0 saturated heterocycles. The molecule has 0 radical (unpaired) electrons. The second-order valence-corrected chi connectivity index (χ2v) is 6.91. The zero-order valence-corrected chi connectivity index (χ0v) is 15.7. The highest BCUT2D eigenvalue weighted by Crippen LogP contribution is 2.32. The summed E-state index contributed by atoms with van der Waals surface area (Å²) in [6.07, 6.45) is 0. The van der Waals surface area contributed by atoms with E-state index in [2.05, 4.69) is 44.1 Å². The third-order valence-electron chi connectivity index (χ3n) is 3.21. The van der Waals surface area contributed by atoms with Gasteiger partial charge in [-0.1, -0.05) is 55.6 Å². The van der Waals surface area contributed by atoms with E-state index in [4.69, 9.17) is 16.3 Å². The molecule has 21 heavy (non-hydrogen) atoms. The largest absolute Gasteiger partial charge is 0.380 e. The lowest BCUT2D eigenvalue weighted by molar-refractivity contribution is 0.185. The normalized spacial score (nSPS) is 12.2. The molecule has 5 heteroatoms. The number of methoxy groups -OCH3 is 1. The molecule has 112 valence electrons. The van der Waals surface area contributed by atoms with Crippen molar-refractivity contribution < 1.29 is 4.74 Å². The van der Waals surface area contributed by atoms with Crippen LogP contribution in [0.15, 0.2) is 45.3 Å². The first-order chi connectivity index (χ1) is 10.0. The number of hydrogen-bond donors (Lipinski definition) is 1. The number of nitrogens with one attached hydrogen (secondary N) is 1. The molecule has 0 saturated carbocycles. The van der Waals surface area contributed by atoms with Crippen molar-refractivity contribution in [2.24, 2.45) is 0 Å². The van der Waals surface area contributed by atoms with E-state index in [0.717, 1.165) is 30.8 Å². The van der Waals surface area contributed by atoms with E-state index in [1.54, 1.807) is 7.11 Å². The molecule has 2 nitrogen and oxygen atoms in total. The van der Waals surface area contributed by atoms with Gasteiger partial charge in [0.25, 0.3) is 0 Å². The summed E-state index contributed by atoms with van der Waals surface area (Å²) >= 11 is 13.3. The van der Waals surface area contributed by atoms with Crippen LogP contribution in [0.3, 0.4) is 0 Å². The molecule has 0 heterocycles. The Balaban J connectivity index is 2.27. The van der Waals surface area contributed by atoms with Crippen LogP contribution in [0.25, 0.3) is 0 Å². The molecule has 1 N–H and O–H groups in total. The lowest BCUT2D eigenvalue weighted by Crippen LogP contribution is -2.09. The van der Waals surface area contributed by atoms with Gasteiger partial charge in [0.15, 0.2) is 0 Å². The number of rotatable bonds is 5. The maximum absolute atomic E-state index is 6.32. The van der Waals surface area contributed by atoms with E-state index in [0.29, 0.717) is 6.61 Å². The standard InChI is InChI=1S/C16H16Br2ClNO/c1-10(12-7-6-11(17)8-15(12)19)20-16-5-3-4-14(18)13(16)9-21-2/h3-8,10,20H,9H2,1-2H3. The van der Waals surface area contributed by atoms with Crippen LogP contribution in [0.5, 0.6) is 0 Å². The van der Waals surface area contributed by atoms with Crippen molar-refractivity contribution in [3.8, 4) is 0 Å². The first-order valence-corrected chi connectivity index (χ1v) is 8.47. The lowest BCUT2D eigenvalue weighted by Gasteiger charge is -2.20. The minimum atomic E-state index is 0.0931. The van der Waals surface area contributed by atoms with E-state index < -0.39 is 0 Å². The molecule has 0 aromatic heterocycles. The molecule has 2 rings (SSSR count). The van der Waals surface area contributed by atoms with E-state index >= 15 is 0 Å². The molecule has 0 spiro atoms. The molecule has 2 aromatic rings. The first-order valence-electron chi connectivity index (χ1n) is 6.50. The highest BCUT2D eigenvalue weighted by molar-refractivity contribution is 9.10. The van der Waals surface area contributed by atoms with Gasteiger partial charge in [0.1, 0.15) is 0 Å². The van der Waals surface area contributed by atoms with Crippen molar-refractivity contribution in [3.63, 3.8) is 0 Å². The van der Waals surface area contributed by atoms with Crippen molar-refractivity contribution in [2.75, 3.05) is 12.4 Å². The third kappa shape index (κ3) is 4.22. The van der Waals surface area contributed by atoms with Gasteiger partial charge in [0, 0.05) is 32.3 Å². The Hall–Kier alpha value is -0.550. The smallest absolute Gasteiger partial charge is 0.0744 e. The fraction of sp³-hybridized carbons (Fsp3) is 0.250. The Kier molecular flexibility index (Phi) is 6.11. The van der Waals surface area contributed by atoms with Crippen molar-refractivity contribution in [2.45, 2.75) is 19.6 Å². The van der Waals surface area contributed by atoms with Crippen molar-refractivity contribution in [3.05, 3.63) is 61.5 Å². The number of ether oxygens (including phenoxy) is 1. The summed E-state index contributed by atoms with van der Waals surface area (Å²) in [6, 6.07) is 12.1. The van der Waals surface area contributed by atoms with Crippen LogP contribution in [0, 0.1) is 0 Å². The molecular formula is C16H16Br2ClNO. The highest BCUT2D eigenvalue weighted by Gasteiger charge is 2.13. The van der Waals surface area contributed by atoms with Gasteiger partial charge in [0.2, 0.25) is 0 Å². The molecule has 0 bridgehead atoms. The summed E-state index contributed by atoms with van der Waals surface area (Å²) in [5.74, 6) is 0. The van der Waals surface area contributed by atoms with Crippen LogP contribution in [0.2, 0.25) is 5.02 Å². The highest BCUT2D eigenvalue weighted by atomic mass is 79.9. The van der Waals surface area contributed by atoms with Gasteiger partial charge in [0.05, 0.1) is 12.6 Å². The fourth-order valence-corrected chi connectivity index (χ4v) is 3.47. The molecule has 0 aliphatic rings. The van der Waals surface area contributed by atoms with Gasteiger partial charge in [-0.05, 0) is 36.8 Å². The lowest BCUT2D eigenvalue weighted by atomic mass is 10.1. The topological polar surface area (TPSA) is 21.3 Å². The molecule has 0 aliphatic carbocycles. The molecule has 0 fully saturated rings. The zero-order chi connectivity index (χ0) is 15.4. The van der Waals surface area contributed by atoms with Crippen LogP contribution >= 0.6 is 43.5 Å². The van der Waals surface area contributed by atoms with Crippen molar-refractivity contribution >= 4 is 49.1 Å². The van der Waals surface area contributed by atoms with E-state index in [1.807, 2.05) is 36.4 Å². The van der Waals surface area contributed by atoms with Crippen LogP contribution in [0.4, 0.5) is 5.69 Å². The Labute approximate surface area is 147 Å². The van der Waals surface area contributed by atoms with Crippen LogP contribution in [-0.2, 0) is 11.3 Å². The van der Waals surface area contributed by atoms with Crippen LogP contribution in [0.1, 0.15) is 24.1 Å². The van der Waals surface area contributed by atoms with Gasteiger partial charge >= 0.3 is 0 Å². The van der Waals surface area contributed by atoms with Gasteiger partial charge in [-0.3, -0.25) is 0 Å². The maximum atomic E-state index is 6.32. The number of halogens is 3. The molecule has 2 aromatic carbocycles. The molecule has 1 atom stereocenters. The summed E-state index contributed by atoms with van der Waals surface area (Å²) in [5.41, 5.74) is 3.20. The van der Waals surface area contributed by atoms with E-state index in [1.165, 1.54) is 0 Å². The summed E-state index contributed by atoms with van der Waals surface area (Å²) in [6.45, 7) is 2.64. The van der Waals surface area contributed by atoms with Crippen LogP contribution in [-0.4, -0.2) is 7.11 Å². The predicted octanol–water partition coefficient (Wildman–Crippen LogP) is 6.18. The molecule has 0 amide bonds.